The van der Waals surface area contributed by atoms with E-state index in [0.29, 0.717) is 10.6 Å². The van der Waals surface area contributed by atoms with Crippen molar-refractivity contribution in [2.45, 2.75) is 50.4 Å². The minimum Gasteiger partial charge on any atom is -0.670 e. The van der Waals surface area contributed by atoms with Gasteiger partial charge in [-0.15, -0.1) is 5.69 Å². The van der Waals surface area contributed by atoms with Crippen molar-refractivity contribution in [3.63, 3.8) is 0 Å². The van der Waals surface area contributed by atoms with E-state index in [0.717, 1.165) is 44.2 Å². The van der Waals surface area contributed by atoms with Crippen molar-refractivity contribution in [1.29, 1.82) is 0 Å². The third-order valence-corrected chi connectivity index (χ3v) is 5.05. The van der Waals surface area contributed by atoms with Crippen LogP contribution in [0.25, 0.3) is 5.32 Å². The standard InChI is InChI=1S/C21H21ClF3N2O/c22-16-8-4-6-14(12-16)19(20(28)27-17-9-2-1-3-10-17)26-18-11-5-7-15(13-18)21(23,24)25/h4-8,11-13,17,19H,1-3,9-10H2,(H,27,28)/q-1. The highest BCUT2D eigenvalue weighted by Gasteiger charge is 2.30. The monoisotopic (exact) mass is 409 g/mol. The van der Waals surface area contributed by atoms with Crippen LogP contribution >= 0.6 is 11.6 Å². The highest BCUT2D eigenvalue weighted by molar-refractivity contribution is 6.30. The molecule has 0 heterocycles. The van der Waals surface area contributed by atoms with Gasteiger partial charge in [0.1, 0.15) is 0 Å². The van der Waals surface area contributed by atoms with Crippen LogP contribution in [0.15, 0.2) is 48.5 Å². The molecule has 150 valence electrons. The van der Waals surface area contributed by atoms with Gasteiger partial charge in [0.05, 0.1) is 5.56 Å². The number of alkyl halides is 3. The van der Waals surface area contributed by atoms with E-state index in [1.54, 1.807) is 24.3 Å². The molecular weight excluding hydrogens is 389 g/mol. The number of nitrogens with one attached hydrogen (secondary N) is 1. The van der Waals surface area contributed by atoms with E-state index in [2.05, 4.69) is 10.6 Å². The van der Waals surface area contributed by atoms with E-state index in [-0.39, 0.29) is 17.6 Å². The van der Waals surface area contributed by atoms with Gasteiger partial charge in [0, 0.05) is 11.1 Å². The molecule has 3 rings (SSSR count). The molecule has 1 N–H and O–H groups in total. The summed E-state index contributed by atoms with van der Waals surface area (Å²) in [4.78, 5) is 12.9. The summed E-state index contributed by atoms with van der Waals surface area (Å²) in [6.07, 6.45) is 0.588. The Hall–Kier alpha value is -2.21. The van der Waals surface area contributed by atoms with Crippen molar-refractivity contribution >= 4 is 23.2 Å². The maximum atomic E-state index is 13.0. The average Bonchev–Trinajstić information content (AvgIpc) is 2.66. The van der Waals surface area contributed by atoms with Gasteiger partial charge < -0.3 is 10.6 Å². The summed E-state index contributed by atoms with van der Waals surface area (Å²) in [5.41, 5.74) is -0.164. The molecule has 0 spiro atoms. The van der Waals surface area contributed by atoms with Crippen LogP contribution in [-0.4, -0.2) is 11.9 Å². The van der Waals surface area contributed by atoms with E-state index in [1.807, 2.05) is 0 Å². The number of amides is 1. The fourth-order valence-electron chi connectivity index (χ4n) is 3.40. The predicted molar refractivity (Wildman–Crippen MR) is 104 cm³/mol. The Balaban J connectivity index is 1.85. The van der Waals surface area contributed by atoms with Crippen LogP contribution in [0.1, 0.15) is 49.3 Å². The first-order valence-electron chi connectivity index (χ1n) is 9.27. The largest absolute Gasteiger partial charge is 0.670 e. The van der Waals surface area contributed by atoms with Crippen molar-refractivity contribution in [3.8, 4) is 0 Å². The smallest absolute Gasteiger partial charge is 0.416 e. The first-order valence-corrected chi connectivity index (χ1v) is 9.65. The molecule has 2 aromatic carbocycles. The summed E-state index contributed by atoms with van der Waals surface area (Å²) < 4.78 is 39.0. The lowest BCUT2D eigenvalue weighted by atomic mass is 9.95. The Morgan fingerprint density at radius 1 is 1.07 bits per heavy atom. The molecule has 1 unspecified atom stereocenters. The zero-order valence-electron chi connectivity index (χ0n) is 15.2. The molecule has 0 aromatic heterocycles. The van der Waals surface area contributed by atoms with Gasteiger partial charge in [-0.2, -0.15) is 13.2 Å². The van der Waals surface area contributed by atoms with Gasteiger partial charge in [-0.25, -0.2) is 0 Å². The summed E-state index contributed by atoms with van der Waals surface area (Å²) in [7, 11) is 0. The number of carbonyl (C=O) groups excluding carboxylic acids is 1. The fraction of sp³-hybridized carbons (Fsp3) is 0.381. The third-order valence-electron chi connectivity index (χ3n) is 4.82. The summed E-state index contributed by atoms with van der Waals surface area (Å²) in [5.74, 6) is -0.327. The molecule has 1 saturated carbocycles. The van der Waals surface area contributed by atoms with Crippen LogP contribution in [0, 0.1) is 0 Å². The minimum absolute atomic E-state index is 0.0691. The van der Waals surface area contributed by atoms with Gasteiger partial charge in [-0.05, 0) is 31.0 Å². The zero-order valence-corrected chi connectivity index (χ0v) is 15.9. The van der Waals surface area contributed by atoms with E-state index in [9.17, 15) is 18.0 Å². The minimum atomic E-state index is -4.47. The lowest BCUT2D eigenvalue weighted by molar-refractivity contribution is -0.137. The van der Waals surface area contributed by atoms with Gasteiger partial charge in [0.25, 0.3) is 0 Å². The van der Waals surface area contributed by atoms with Gasteiger partial charge in [0.2, 0.25) is 5.91 Å². The molecule has 0 bridgehead atoms. The predicted octanol–water partition coefficient (Wildman–Crippen LogP) is 6.55. The zero-order chi connectivity index (χ0) is 20.1. The molecule has 0 saturated heterocycles. The first-order chi connectivity index (χ1) is 13.3. The summed E-state index contributed by atoms with van der Waals surface area (Å²) in [5, 5.41) is 7.78. The Bertz CT molecular complexity index is 819. The fourth-order valence-corrected chi connectivity index (χ4v) is 3.60. The molecule has 1 aliphatic rings. The number of nitrogens with zero attached hydrogens (tertiary/aromatic N) is 1. The average molecular weight is 410 g/mol. The number of benzene rings is 2. The summed E-state index contributed by atoms with van der Waals surface area (Å²) in [6, 6.07) is 10.5. The molecular formula is C21H21ClF3N2O-. The Morgan fingerprint density at radius 2 is 1.79 bits per heavy atom. The molecule has 28 heavy (non-hydrogen) atoms. The van der Waals surface area contributed by atoms with Crippen LogP contribution in [-0.2, 0) is 11.0 Å². The van der Waals surface area contributed by atoms with Crippen LogP contribution in [0.2, 0.25) is 5.02 Å². The third kappa shape index (κ3) is 5.41. The van der Waals surface area contributed by atoms with E-state index in [1.165, 1.54) is 12.1 Å². The van der Waals surface area contributed by atoms with Crippen molar-refractivity contribution in [1.82, 2.24) is 5.32 Å². The lowest BCUT2D eigenvalue weighted by Gasteiger charge is -2.35. The van der Waals surface area contributed by atoms with Crippen molar-refractivity contribution in [3.05, 3.63) is 70.0 Å². The van der Waals surface area contributed by atoms with E-state index >= 15 is 0 Å². The molecule has 1 fully saturated rings. The van der Waals surface area contributed by atoms with Crippen LogP contribution < -0.4 is 5.32 Å². The second kappa shape index (κ2) is 8.86. The SMILES string of the molecule is O=C(NC1CCCCC1)C([N-]c1cccc(C(F)(F)F)c1)c1cccc(Cl)c1. The Labute approximate surface area is 167 Å². The van der Waals surface area contributed by atoms with Gasteiger partial charge >= 0.3 is 6.18 Å². The summed E-state index contributed by atoms with van der Waals surface area (Å²) in [6.45, 7) is 0. The van der Waals surface area contributed by atoms with Crippen molar-refractivity contribution in [2.24, 2.45) is 0 Å². The second-order valence-electron chi connectivity index (χ2n) is 6.98. The Morgan fingerprint density at radius 3 is 2.46 bits per heavy atom. The van der Waals surface area contributed by atoms with E-state index < -0.39 is 17.8 Å². The number of rotatable bonds is 5. The molecule has 1 amide bonds. The van der Waals surface area contributed by atoms with E-state index in [4.69, 9.17) is 11.6 Å². The molecule has 0 radical (unpaired) electrons. The second-order valence-corrected chi connectivity index (χ2v) is 7.41. The topological polar surface area (TPSA) is 43.2 Å². The van der Waals surface area contributed by atoms with Crippen LogP contribution in [0.3, 0.4) is 0 Å². The number of carbonyl (C=O) groups is 1. The first kappa shape index (κ1) is 20.5. The number of halogens is 4. The highest BCUT2D eigenvalue weighted by atomic mass is 35.5. The van der Waals surface area contributed by atoms with Crippen molar-refractivity contribution in [2.75, 3.05) is 0 Å². The highest BCUT2D eigenvalue weighted by Crippen LogP contribution is 2.37. The number of hydrogen-bond acceptors (Lipinski definition) is 1. The normalized spacial score (nSPS) is 16.4. The van der Waals surface area contributed by atoms with Crippen LogP contribution in [0.5, 0.6) is 0 Å². The maximum absolute atomic E-state index is 13.0. The Kier molecular flexibility index (Phi) is 6.50. The molecule has 0 aliphatic heterocycles. The molecule has 1 atom stereocenters. The molecule has 7 heteroatoms. The van der Waals surface area contributed by atoms with Gasteiger partial charge in [-0.3, -0.25) is 4.79 Å². The number of hydrogen-bond donors (Lipinski definition) is 1. The van der Waals surface area contributed by atoms with Crippen LogP contribution in [0.4, 0.5) is 18.9 Å². The van der Waals surface area contributed by atoms with Gasteiger partial charge in [0.15, 0.2) is 0 Å². The molecule has 1 aliphatic carbocycles. The maximum Gasteiger partial charge on any atom is 0.416 e. The quantitative estimate of drug-likeness (QED) is 0.597. The van der Waals surface area contributed by atoms with Gasteiger partial charge in [-0.1, -0.05) is 72.8 Å². The molecule has 2 aromatic rings. The summed E-state index contributed by atoms with van der Waals surface area (Å²) >= 11 is 6.05. The lowest BCUT2D eigenvalue weighted by Crippen LogP contribution is -2.38. The van der Waals surface area contributed by atoms with Crippen molar-refractivity contribution < 1.29 is 18.0 Å². The molecule has 3 nitrogen and oxygen atoms in total.